The molecule has 0 spiro atoms. The number of H-pyrrole nitrogens is 1. The van der Waals surface area contributed by atoms with E-state index in [1.165, 1.54) is 0 Å². The molecular weight excluding hydrogens is 642 g/mol. The number of aromatic nitrogens is 2. The van der Waals surface area contributed by atoms with Crippen molar-refractivity contribution in [2.45, 2.75) is 64.4 Å². The van der Waals surface area contributed by atoms with Crippen LogP contribution in [0.2, 0.25) is 0 Å². The molecule has 4 aromatic carbocycles. The smallest absolute Gasteiger partial charge is 0.326 e. The van der Waals surface area contributed by atoms with Crippen LogP contribution in [0.5, 0.6) is 0 Å². The Morgan fingerprint density at radius 3 is 2.33 bits per heavy atom. The van der Waals surface area contributed by atoms with Crippen LogP contribution in [0, 0.1) is 5.92 Å². The van der Waals surface area contributed by atoms with Gasteiger partial charge in [0.05, 0.1) is 29.8 Å². The Bertz CT molecular complexity index is 1980. The fourth-order valence-corrected chi connectivity index (χ4v) is 7.55. The maximum Gasteiger partial charge on any atom is 0.326 e. The van der Waals surface area contributed by atoms with Crippen molar-refractivity contribution in [2.75, 3.05) is 26.2 Å². The second kappa shape index (κ2) is 15.7. The lowest BCUT2D eigenvalue weighted by atomic mass is 9.89. The Balaban J connectivity index is 1.08. The number of urea groups is 1. The molecule has 7 rings (SSSR count). The number of likely N-dealkylation sites (tertiary alicyclic amines) is 1. The average molecular weight is 690 g/mol. The standard InChI is InChI=1S/C41H47N5O5/c1-3-42-40(48)43-24-32-8-4-5-9-34(32)29-16-18-31(19-17-29)39-50-37(27(2)38(51-39)30-14-12-28(26-47)13-15-30)25-45-22-20-33(21-23-45)46-36-11-7-6-10-35(36)44-41(46)49/h4-19,27,33,37-39,47H,3,20-26H2,1-2H3,(H,44,49)(H2,42,43,48)/t27-,37+,38+,39+/m1/s1. The molecule has 2 saturated heterocycles. The summed E-state index contributed by atoms with van der Waals surface area (Å²) < 4.78 is 15.5. The van der Waals surface area contributed by atoms with E-state index in [9.17, 15) is 14.7 Å². The second-order valence-electron chi connectivity index (χ2n) is 13.7. The lowest BCUT2D eigenvalue weighted by molar-refractivity contribution is -0.276. The molecule has 10 nitrogen and oxygen atoms in total. The van der Waals surface area contributed by atoms with E-state index >= 15 is 0 Å². The topological polar surface area (TPSA) is 121 Å². The molecule has 0 saturated carbocycles. The Hall–Kier alpha value is -4.74. The molecule has 0 bridgehead atoms. The van der Waals surface area contributed by atoms with Crippen molar-refractivity contribution in [3.63, 3.8) is 0 Å². The van der Waals surface area contributed by atoms with E-state index < -0.39 is 6.29 Å². The highest BCUT2D eigenvalue weighted by molar-refractivity contribution is 5.75. The first-order chi connectivity index (χ1) is 24.9. The fourth-order valence-electron chi connectivity index (χ4n) is 7.55. The molecular formula is C41H47N5O5. The van der Waals surface area contributed by atoms with Crippen molar-refractivity contribution in [1.82, 2.24) is 25.1 Å². The third kappa shape index (κ3) is 7.64. The summed E-state index contributed by atoms with van der Waals surface area (Å²) in [6, 6.07) is 32.3. The molecule has 0 radical (unpaired) electrons. The Kier molecular flexibility index (Phi) is 10.6. The number of piperidine rings is 1. The third-order valence-corrected chi connectivity index (χ3v) is 10.4. The van der Waals surface area contributed by atoms with Crippen molar-refractivity contribution in [2.24, 2.45) is 5.92 Å². The van der Waals surface area contributed by atoms with E-state index in [4.69, 9.17) is 9.47 Å². The zero-order valence-electron chi connectivity index (χ0n) is 29.3. The number of nitrogens with one attached hydrogen (secondary N) is 3. The zero-order valence-corrected chi connectivity index (χ0v) is 29.3. The van der Waals surface area contributed by atoms with Crippen LogP contribution in [-0.2, 0) is 22.6 Å². The number of aliphatic hydroxyl groups excluding tert-OH is 1. The monoisotopic (exact) mass is 689 g/mol. The van der Waals surface area contributed by atoms with Crippen molar-refractivity contribution in [3.8, 4) is 11.1 Å². The molecule has 4 atom stereocenters. The summed E-state index contributed by atoms with van der Waals surface area (Å²) in [5.41, 5.74) is 7.78. The predicted molar refractivity (Wildman–Crippen MR) is 198 cm³/mol. The molecule has 4 N–H and O–H groups in total. The number of hydrogen-bond acceptors (Lipinski definition) is 6. The Morgan fingerprint density at radius 2 is 1.59 bits per heavy atom. The summed E-state index contributed by atoms with van der Waals surface area (Å²) in [6.07, 6.45) is 0.899. The van der Waals surface area contributed by atoms with Crippen molar-refractivity contribution in [3.05, 3.63) is 130 Å². The van der Waals surface area contributed by atoms with Gasteiger partial charge in [0.2, 0.25) is 0 Å². The molecule has 3 heterocycles. The van der Waals surface area contributed by atoms with E-state index in [2.05, 4.69) is 57.8 Å². The van der Waals surface area contributed by atoms with Gasteiger partial charge >= 0.3 is 11.7 Å². The van der Waals surface area contributed by atoms with Crippen LogP contribution < -0.4 is 16.3 Å². The number of nitrogens with zero attached hydrogens (tertiary/aromatic N) is 2. The first kappa shape index (κ1) is 34.7. The predicted octanol–water partition coefficient (Wildman–Crippen LogP) is 6.44. The van der Waals surface area contributed by atoms with Gasteiger partial charge in [-0.15, -0.1) is 0 Å². The molecule has 2 fully saturated rings. The number of carbonyl (C=O) groups excluding carboxylic acids is 1. The minimum Gasteiger partial charge on any atom is -0.392 e. The van der Waals surface area contributed by atoms with Gasteiger partial charge in [-0.25, -0.2) is 9.59 Å². The van der Waals surface area contributed by atoms with Gasteiger partial charge in [-0.3, -0.25) is 4.57 Å². The van der Waals surface area contributed by atoms with Gasteiger partial charge in [0.1, 0.15) is 0 Å². The number of aromatic amines is 1. The van der Waals surface area contributed by atoms with Crippen LogP contribution in [0.3, 0.4) is 0 Å². The molecule has 0 aliphatic carbocycles. The molecule has 0 unspecified atom stereocenters. The number of para-hydroxylation sites is 2. The summed E-state index contributed by atoms with van der Waals surface area (Å²) in [7, 11) is 0. The number of imidazole rings is 1. The van der Waals surface area contributed by atoms with Crippen LogP contribution in [-0.4, -0.2) is 57.9 Å². The quantitative estimate of drug-likeness (QED) is 0.134. The van der Waals surface area contributed by atoms with Crippen LogP contribution in [0.15, 0.2) is 102 Å². The minimum atomic E-state index is -0.570. The van der Waals surface area contributed by atoms with Gasteiger partial charge in [-0.2, -0.15) is 0 Å². The molecule has 1 aromatic heterocycles. The highest BCUT2D eigenvalue weighted by Gasteiger charge is 2.39. The number of aliphatic hydroxyl groups is 1. The second-order valence-corrected chi connectivity index (χ2v) is 13.7. The first-order valence-electron chi connectivity index (χ1n) is 18.0. The first-order valence-corrected chi connectivity index (χ1v) is 18.0. The largest absolute Gasteiger partial charge is 0.392 e. The highest BCUT2D eigenvalue weighted by atomic mass is 16.7. The molecule has 10 heteroatoms. The Labute approximate surface area is 298 Å². The molecule has 5 aromatic rings. The summed E-state index contributed by atoms with van der Waals surface area (Å²) in [4.78, 5) is 30.4. The lowest BCUT2D eigenvalue weighted by Gasteiger charge is -2.44. The summed E-state index contributed by atoms with van der Waals surface area (Å²) in [6.45, 7) is 7.57. The number of amides is 2. The highest BCUT2D eigenvalue weighted by Crippen LogP contribution is 2.42. The van der Waals surface area contributed by atoms with Crippen LogP contribution in [0.4, 0.5) is 4.79 Å². The molecule has 266 valence electrons. The van der Waals surface area contributed by atoms with E-state index in [1.54, 1.807) is 0 Å². The lowest BCUT2D eigenvalue weighted by Crippen LogP contribution is -2.47. The number of ether oxygens (including phenoxy) is 2. The summed E-state index contributed by atoms with van der Waals surface area (Å²) in [5.74, 6) is 0.0683. The number of rotatable bonds is 10. The number of benzene rings is 4. The van der Waals surface area contributed by atoms with Crippen molar-refractivity contribution < 1.29 is 19.4 Å². The molecule has 2 aliphatic rings. The SMILES string of the molecule is CCNC(=O)NCc1ccccc1-c1ccc([C@H]2O[C@@H](CN3CCC(n4c(=O)[nH]c5ccccc54)CC3)[C@@H](C)[C@@H](c3ccc(CO)cc3)O2)cc1. The van der Waals surface area contributed by atoms with Gasteiger partial charge < -0.3 is 35.1 Å². The van der Waals surface area contributed by atoms with Gasteiger partial charge in [-0.1, -0.05) is 91.9 Å². The maximum absolute atomic E-state index is 12.9. The third-order valence-electron chi connectivity index (χ3n) is 10.4. The van der Waals surface area contributed by atoms with E-state index in [0.717, 1.165) is 76.9 Å². The van der Waals surface area contributed by atoms with E-state index in [0.29, 0.717) is 13.1 Å². The van der Waals surface area contributed by atoms with E-state index in [1.807, 2.05) is 78.2 Å². The number of hydrogen-bond donors (Lipinski definition) is 4. The fraction of sp³-hybridized carbons (Fsp3) is 0.366. The van der Waals surface area contributed by atoms with Gasteiger partial charge in [0, 0.05) is 50.2 Å². The van der Waals surface area contributed by atoms with Gasteiger partial charge in [-0.05, 0) is 59.7 Å². The summed E-state index contributed by atoms with van der Waals surface area (Å²) in [5, 5.41) is 15.4. The Morgan fingerprint density at radius 1 is 0.882 bits per heavy atom. The molecule has 2 amide bonds. The van der Waals surface area contributed by atoms with Crippen LogP contribution in [0.1, 0.15) is 67.4 Å². The average Bonchev–Trinajstić information content (AvgIpc) is 3.51. The number of fused-ring (bicyclic) bond motifs is 1. The van der Waals surface area contributed by atoms with Crippen LogP contribution in [0.25, 0.3) is 22.2 Å². The zero-order chi connectivity index (χ0) is 35.3. The van der Waals surface area contributed by atoms with Crippen LogP contribution >= 0.6 is 0 Å². The number of carbonyl (C=O) groups is 1. The van der Waals surface area contributed by atoms with E-state index in [-0.39, 0.29) is 42.5 Å². The normalized spacial score (nSPS) is 21.5. The molecule has 51 heavy (non-hydrogen) atoms. The molecule has 2 aliphatic heterocycles. The maximum atomic E-state index is 12.9. The minimum absolute atomic E-state index is 0.00613. The van der Waals surface area contributed by atoms with Gasteiger partial charge in [0.15, 0.2) is 6.29 Å². The van der Waals surface area contributed by atoms with Crippen molar-refractivity contribution >= 4 is 17.1 Å². The summed E-state index contributed by atoms with van der Waals surface area (Å²) >= 11 is 0. The van der Waals surface area contributed by atoms with Crippen molar-refractivity contribution in [1.29, 1.82) is 0 Å². The van der Waals surface area contributed by atoms with Gasteiger partial charge in [0.25, 0.3) is 0 Å².